The quantitative estimate of drug-likeness (QED) is 0.866. The van der Waals surface area contributed by atoms with Gasteiger partial charge < -0.3 is 5.73 Å². The first-order valence-electron chi connectivity index (χ1n) is 5.73. The summed E-state index contributed by atoms with van der Waals surface area (Å²) in [5.41, 5.74) is 5.89. The smallest absolute Gasteiger partial charge is 0.224 e. The van der Waals surface area contributed by atoms with Gasteiger partial charge in [0.15, 0.2) is 0 Å². The molecule has 2 heterocycles. The lowest BCUT2D eigenvalue weighted by Crippen LogP contribution is -2.36. The number of hydrogen-bond donors (Lipinski definition) is 1. The first kappa shape index (κ1) is 13.6. The molecule has 0 radical (unpaired) electrons. The Hall–Kier alpha value is -0.840. The fourth-order valence-electron chi connectivity index (χ4n) is 2.19. The number of aromatic nitrogens is 1. The van der Waals surface area contributed by atoms with Gasteiger partial charge in [0.1, 0.15) is 5.15 Å². The zero-order chi connectivity index (χ0) is 13.3. The van der Waals surface area contributed by atoms with Crippen molar-refractivity contribution in [3.63, 3.8) is 0 Å². The van der Waals surface area contributed by atoms with E-state index in [0.717, 1.165) is 18.5 Å². The summed E-state index contributed by atoms with van der Waals surface area (Å²) in [5, 5.41) is 0.981. The average molecular weight is 288 g/mol. The van der Waals surface area contributed by atoms with Crippen molar-refractivity contribution in [2.24, 2.45) is 11.1 Å². The van der Waals surface area contributed by atoms with E-state index < -0.39 is 5.41 Å². The molecule has 1 atom stereocenters. The number of rotatable bonds is 3. The number of halogens is 2. The van der Waals surface area contributed by atoms with E-state index in [-0.39, 0.29) is 5.91 Å². The Kier molecular flexibility index (Phi) is 3.80. The van der Waals surface area contributed by atoms with Crippen LogP contribution in [0.5, 0.6) is 0 Å². The molecule has 18 heavy (non-hydrogen) atoms. The predicted octanol–water partition coefficient (Wildman–Crippen LogP) is 2.09. The Morgan fingerprint density at radius 2 is 2.33 bits per heavy atom. The number of nitrogens with two attached hydrogens (primary N) is 1. The van der Waals surface area contributed by atoms with Gasteiger partial charge in [-0.1, -0.05) is 23.2 Å². The molecule has 1 amide bonds. The van der Waals surface area contributed by atoms with Gasteiger partial charge in [0.25, 0.3) is 0 Å². The summed E-state index contributed by atoms with van der Waals surface area (Å²) in [5.74, 6) is -0.245. The third-order valence-corrected chi connectivity index (χ3v) is 4.00. The van der Waals surface area contributed by atoms with Crippen molar-refractivity contribution in [2.75, 3.05) is 13.1 Å². The molecule has 1 saturated heterocycles. The van der Waals surface area contributed by atoms with Crippen molar-refractivity contribution in [1.29, 1.82) is 0 Å². The van der Waals surface area contributed by atoms with Gasteiger partial charge in [0.05, 0.1) is 5.41 Å². The van der Waals surface area contributed by atoms with Gasteiger partial charge in [0.2, 0.25) is 5.91 Å². The van der Waals surface area contributed by atoms with Gasteiger partial charge in [-0.15, -0.1) is 0 Å². The number of primary amides is 1. The van der Waals surface area contributed by atoms with E-state index in [2.05, 4.69) is 9.88 Å². The number of carbonyl (C=O) groups is 1. The average Bonchev–Trinajstić information content (AvgIpc) is 2.66. The van der Waals surface area contributed by atoms with Crippen molar-refractivity contribution < 1.29 is 4.79 Å². The van der Waals surface area contributed by atoms with Crippen LogP contribution in [0.4, 0.5) is 0 Å². The number of carbonyl (C=O) groups excluding carboxylic acids is 1. The van der Waals surface area contributed by atoms with E-state index >= 15 is 0 Å². The maximum atomic E-state index is 11.4. The molecule has 0 spiro atoms. The lowest BCUT2D eigenvalue weighted by atomic mass is 9.89. The lowest BCUT2D eigenvalue weighted by molar-refractivity contribution is -0.126. The molecule has 98 valence electrons. The molecule has 1 aliphatic rings. The van der Waals surface area contributed by atoms with Gasteiger partial charge in [0, 0.05) is 29.9 Å². The summed E-state index contributed by atoms with van der Waals surface area (Å²) in [7, 11) is 0. The highest BCUT2D eigenvalue weighted by Gasteiger charge is 2.38. The molecule has 1 unspecified atom stereocenters. The van der Waals surface area contributed by atoms with E-state index in [1.807, 2.05) is 6.92 Å². The summed E-state index contributed by atoms with van der Waals surface area (Å²) in [6, 6.07) is 1.63. The molecule has 0 saturated carbocycles. The number of hydrogen-bond acceptors (Lipinski definition) is 3. The summed E-state index contributed by atoms with van der Waals surface area (Å²) < 4.78 is 0. The minimum absolute atomic E-state index is 0.245. The predicted molar refractivity (Wildman–Crippen MR) is 71.5 cm³/mol. The lowest BCUT2D eigenvalue weighted by Gasteiger charge is -2.21. The van der Waals surface area contributed by atoms with E-state index in [1.165, 1.54) is 0 Å². The van der Waals surface area contributed by atoms with Crippen LogP contribution in [0.3, 0.4) is 0 Å². The minimum Gasteiger partial charge on any atom is -0.369 e. The summed E-state index contributed by atoms with van der Waals surface area (Å²) in [6.45, 7) is 4.04. The first-order chi connectivity index (χ1) is 8.40. The second-order valence-corrected chi connectivity index (χ2v) is 5.78. The fraction of sp³-hybridized carbons (Fsp3) is 0.500. The maximum Gasteiger partial charge on any atom is 0.224 e. The Morgan fingerprint density at radius 3 is 2.89 bits per heavy atom. The molecule has 6 heteroatoms. The Balaban J connectivity index is 2.06. The highest BCUT2D eigenvalue weighted by Crippen LogP contribution is 2.31. The molecule has 1 aliphatic heterocycles. The van der Waals surface area contributed by atoms with E-state index in [9.17, 15) is 4.79 Å². The third kappa shape index (κ3) is 2.76. The molecule has 4 nitrogen and oxygen atoms in total. The number of nitrogens with zero attached hydrogens (tertiary/aromatic N) is 2. The van der Waals surface area contributed by atoms with Crippen LogP contribution in [-0.2, 0) is 11.3 Å². The van der Waals surface area contributed by atoms with Crippen LogP contribution in [0.25, 0.3) is 0 Å². The second kappa shape index (κ2) is 5.03. The fourth-order valence-corrected chi connectivity index (χ4v) is 2.61. The van der Waals surface area contributed by atoms with Crippen LogP contribution in [0.1, 0.15) is 18.9 Å². The van der Waals surface area contributed by atoms with Crippen LogP contribution in [-0.4, -0.2) is 28.9 Å². The number of pyridine rings is 1. The van der Waals surface area contributed by atoms with E-state index in [0.29, 0.717) is 23.3 Å². The zero-order valence-corrected chi connectivity index (χ0v) is 11.6. The van der Waals surface area contributed by atoms with Crippen LogP contribution in [0.15, 0.2) is 12.3 Å². The molecule has 1 fully saturated rings. The van der Waals surface area contributed by atoms with Crippen molar-refractivity contribution in [3.05, 3.63) is 28.0 Å². The minimum atomic E-state index is -0.438. The molecular weight excluding hydrogens is 273 g/mol. The highest BCUT2D eigenvalue weighted by molar-refractivity contribution is 6.34. The Labute approximate surface area is 116 Å². The van der Waals surface area contributed by atoms with E-state index in [4.69, 9.17) is 28.9 Å². The van der Waals surface area contributed by atoms with Crippen LogP contribution >= 0.6 is 23.2 Å². The Morgan fingerprint density at radius 1 is 1.61 bits per heavy atom. The van der Waals surface area contributed by atoms with Crippen LogP contribution in [0.2, 0.25) is 10.2 Å². The normalized spacial score (nSPS) is 24.4. The highest BCUT2D eigenvalue weighted by atomic mass is 35.5. The molecule has 0 bridgehead atoms. The third-order valence-electron chi connectivity index (χ3n) is 3.44. The van der Waals surface area contributed by atoms with Crippen molar-refractivity contribution in [1.82, 2.24) is 9.88 Å². The van der Waals surface area contributed by atoms with Gasteiger partial charge in [-0.2, -0.15) is 0 Å². The standard InChI is InChI=1S/C12H15Cl2N3O/c1-12(11(15)18)2-3-17(7-12)6-8-5-16-10(14)4-9(8)13/h4-5H,2-3,6-7H2,1H3,(H2,15,18). The van der Waals surface area contributed by atoms with Crippen molar-refractivity contribution in [2.45, 2.75) is 19.9 Å². The van der Waals surface area contributed by atoms with E-state index in [1.54, 1.807) is 12.3 Å². The SMILES string of the molecule is CC1(C(N)=O)CCN(Cc2cnc(Cl)cc2Cl)C1. The Bertz CT molecular complexity index is 480. The summed E-state index contributed by atoms with van der Waals surface area (Å²) >= 11 is 11.8. The maximum absolute atomic E-state index is 11.4. The second-order valence-electron chi connectivity index (χ2n) is 4.98. The zero-order valence-electron chi connectivity index (χ0n) is 10.1. The number of amides is 1. The monoisotopic (exact) mass is 287 g/mol. The largest absolute Gasteiger partial charge is 0.369 e. The van der Waals surface area contributed by atoms with Crippen molar-refractivity contribution >= 4 is 29.1 Å². The molecule has 0 aliphatic carbocycles. The van der Waals surface area contributed by atoms with Crippen LogP contribution < -0.4 is 5.73 Å². The van der Waals surface area contributed by atoms with Gasteiger partial charge in [-0.3, -0.25) is 9.69 Å². The van der Waals surface area contributed by atoms with Crippen LogP contribution in [0, 0.1) is 5.41 Å². The van der Waals surface area contributed by atoms with Gasteiger partial charge in [-0.25, -0.2) is 4.98 Å². The molecule has 0 aromatic carbocycles. The molecular formula is C12H15Cl2N3O. The van der Waals surface area contributed by atoms with Gasteiger partial charge in [-0.05, 0) is 26.0 Å². The van der Waals surface area contributed by atoms with Gasteiger partial charge >= 0.3 is 0 Å². The molecule has 1 aromatic heterocycles. The topological polar surface area (TPSA) is 59.2 Å². The molecule has 1 aromatic rings. The first-order valence-corrected chi connectivity index (χ1v) is 6.48. The summed E-state index contributed by atoms with van der Waals surface area (Å²) in [4.78, 5) is 17.5. The summed E-state index contributed by atoms with van der Waals surface area (Å²) in [6.07, 6.45) is 2.45. The molecule has 2 N–H and O–H groups in total. The molecule has 2 rings (SSSR count). The van der Waals surface area contributed by atoms with Crippen molar-refractivity contribution in [3.8, 4) is 0 Å². The number of likely N-dealkylation sites (tertiary alicyclic amines) is 1.